The lowest BCUT2D eigenvalue weighted by Gasteiger charge is -2.09. The molecule has 2 unspecified atom stereocenters. The second kappa shape index (κ2) is 11.4. The van der Waals surface area contributed by atoms with E-state index in [4.69, 9.17) is 14.2 Å². The zero-order valence-electron chi connectivity index (χ0n) is 13.7. The Morgan fingerprint density at radius 3 is 1.62 bits per heavy atom. The third-order valence-corrected chi connectivity index (χ3v) is 4.68. The van der Waals surface area contributed by atoms with Gasteiger partial charge in [0.1, 0.15) is 0 Å². The van der Waals surface area contributed by atoms with Crippen LogP contribution in [-0.4, -0.2) is 38.6 Å². The molecule has 0 saturated carbocycles. The molecule has 0 amide bonds. The van der Waals surface area contributed by atoms with Gasteiger partial charge in [0.05, 0.1) is 12.2 Å². The Bertz CT molecular complexity index is 209. The highest BCUT2D eigenvalue weighted by Crippen LogP contribution is 2.19. The molecule has 0 aromatic carbocycles. The molecular formula is C18H34O3. The minimum Gasteiger partial charge on any atom is -0.381 e. The van der Waals surface area contributed by atoms with Crippen LogP contribution in [0.5, 0.6) is 0 Å². The summed E-state index contributed by atoms with van der Waals surface area (Å²) in [6.07, 6.45) is 16.3. The highest BCUT2D eigenvalue weighted by Gasteiger charge is 2.15. The Balaban J connectivity index is 1.25. The van der Waals surface area contributed by atoms with Gasteiger partial charge in [-0.15, -0.1) is 0 Å². The van der Waals surface area contributed by atoms with E-state index in [1.165, 1.54) is 77.0 Å². The first kappa shape index (κ1) is 17.2. The van der Waals surface area contributed by atoms with E-state index in [1.54, 1.807) is 0 Å². The molecule has 0 spiro atoms. The molecule has 0 N–H and O–H groups in total. The van der Waals surface area contributed by atoms with Crippen LogP contribution in [0.25, 0.3) is 0 Å². The van der Waals surface area contributed by atoms with E-state index in [0.717, 1.165) is 26.4 Å². The highest BCUT2D eigenvalue weighted by molar-refractivity contribution is 4.65. The third-order valence-electron chi connectivity index (χ3n) is 4.68. The van der Waals surface area contributed by atoms with Crippen molar-refractivity contribution in [2.24, 2.45) is 0 Å². The van der Waals surface area contributed by atoms with Crippen LogP contribution in [0.2, 0.25) is 0 Å². The second-order valence-corrected chi connectivity index (χ2v) is 6.58. The first-order valence-electron chi connectivity index (χ1n) is 9.26. The van der Waals surface area contributed by atoms with E-state index in [9.17, 15) is 0 Å². The van der Waals surface area contributed by atoms with Gasteiger partial charge >= 0.3 is 0 Å². The van der Waals surface area contributed by atoms with Gasteiger partial charge in [0.2, 0.25) is 0 Å². The standard InChI is InChI=1S/C18H34O3/c1(3-9-17-11-7-15-20-17)5-13-19-14-6-2-4-10-18-12-8-16-21-18/h17-18H,1-16H2. The van der Waals surface area contributed by atoms with Crippen LogP contribution < -0.4 is 0 Å². The van der Waals surface area contributed by atoms with Gasteiger partial charge in [-0.3, -0.25) is 0 Å². The first-order valence-corrected chi connectivity index (χ1v) is 9.26. The lowest BCUT2D eigenvalue weighted by Crippen LogP contribution is -2.05. The van der Waals surface area contributed by atoms with Crippen LogP contribution >= 0.6 is 0 Å². The third kappa shape index (κ3) is 8.18. The summed E-state index contributed by atoms with van der Waals surface area (Å²) in [6.45, 7) is 3.86. The lowest BCUT2D eigenvalue weighted by atomic mass is 10.1. The van der Waals surface area contributed by atoms with Crippen molar-refractivity contribution in [2.45, 2.75) is 89.3 Å². The average molecular weight is 298 g/mol. The molecule has 3 heteroatoms. The van der Waals surface area contributed by atoms with E-state index in [2.05, 4.69) is 0 Å². The molecule has 2 heterocycles. The minimum atomic E-state index is 0.565. The van der Waals surface area contributed by atoms with Crippen molar-refractivity contribution in [3.8, 4) is 0 Å². The lowest BCUT2D eigenvalue weighted by molar-refractivity contribution is 0.0959. The molecule has 21 heavy (non-hydrogen) atoms. The fourth-order valence-corrected chi connectivity index (χ4v) is 3.35. The summed E-state index contributed by atoms with van der Waals surface area (Å²) in [6, 6.07) is 0. The van der Waals surface area contributed by atoms with Crippen molar-refractivity contribution >= 4 is 0 Å². The molecule has 0 aromatic heterocycles. The first-order chi connectivity index (χ1) is 10.4. The van der Waals surface area contributed by atoms with Gasteiger partial charge in [0.25, 0.3) is 0 Å². The Kier molecular flexibility index (Phi) is 9.40. The quantitative estimate of drug-likeness (QED) is 0.497. The van der Waals surface area contributed by atoms with Gasteiger partial charge < -0.3 is 14.2 Å². The Morgan fingerprint density at radius 1 is 0.667 bits per heavy atom. The summed E-state index contributed by atoms with van der Waals surface area (Å²) in [5, 5.41) is 0. The largest absolute Gasteiger partial charge is 0.381 e. The van der Waals surface area contributed by atoms with Crippen LogP contribution in [0.15, 0.2) is 0 Å². The van der Waals surface area contributed by atoms with Crippen LogP contribution in [0, 0.1) is 0 Å². The Morgan fingerprint density at radius 2 is 1.19 bits per heavy atom. The monoisotopic (exact) mass is 298 g/mol. The fraction of sp³-hybridized carbons (Fsp3) is 1.00. The van der Waals surface area contributed by atoms with E-state index >= 15 is 0 Å². The van der Waals surface area contributed by atoms with Gasteiger partial charge in [-0.05, 0) is 51.4 Å². The van der Waals surface area contributed by atoms with Crippen LogP contribution in [0.1, 0.15) is 77.0 Å². The average Bonchev–Trinajstić information content (AvgIpc) is 3.18. The Hall–Kier alpha value is -0.120. The van der Waals surface area contributed by atoms with Crippen molar-refractivity contribution in [3.63, 3.8) is 0 Å². The molecule has 2 rings (SSSR count). The molecule has 2 atom stereocenters. The predicted octanol–water partition coefficient (Wildman–Crippen LogP) is 4.48. The molecule has 0 aromatic rings. The van der Waals surface area contributed by atoms with Crippen molar-refractivity contribution in [3.05, 3.63) is 0 Å². The molecule has 2 aliphatic rings. The van der Waals surface area contributed by atoms with Crippen LogP contribution in [0.3, 0.4) is 0 Å². The van der Waals surface area contributed by atoms with Crippen molar-refractivity contribution in [1.29, 1.82) is 0 Å². The number of rotatable bonds is 12. The molecule has 0 radical (unpaired) electrons. The summed E-state index contributed by atoms with van der Waals surface area (Å²) in [5.41, 5.74) is 0. The molecule has 2 aliphatic heterocycles. The summed E-state index contributed by atoms with van der Waals surface area (Å²) in [7, 11) is 0. The van der Waals surface area contributed by atoms with Gasteiger partial charge in [0.15, 0.2) is 0 Å². The molecule has 0 bridgehead atoms. The summed E-state index contributed by atoms with van der Waals surface area (Å²) >= 11 is 0. The van der Waals surface area contributed by atoms with Gasteiger partial charge in [0, 0.05) is 26.4 Å². The predicted molar refractivity (Wildman–Crippen MR) is 85.7 cm³/mol. The van der Waals surface area contributed by atoms with E-state index in [1.807, 2.05) is 0 Å². The van der Waals surface area contributed by atoms with Crippen molar-refractivity contribution in [1.82, 2.24) is 0 Å². The van der Waals surface area contributed by atoms with Gasteiger partial charge in [-0.1, -0.05) is 25.7 Å². The summed E-state index contributed by atoms with van der Waals surface area (Å²) < 4.78 is 17.0. The number of ether oxygens (including phenoxy) is 3. The van der Waals surface area contributed by atoms with Gasteiger partial charge in [-0.25, -0.2) is 0 Å². The molecule has 2 fully saturated rings. The van der Waals surface area contributed by atoms with E-state index < -0.39 is 0 Å². The summed E-state index contributed by atoms with van der Waals surface area (Å²) in [5.74, 6) is 0. The maximum absolute atomic E-state index is 5.72. The fourth-order valence-electron chi connectivity index (χ4n) is 3.35. The summed E-state index contributed by atoms with van der Waals surface area (Å²) in [4.78, 5) is 0. The van der Waals surface area contributed by atoms with Crippen LogP contribution in [-0.2, 0) is 14.2 Å². The zero-order valence-corrected chi connectivity index (χ0v) is 13.7. The van der Waals surface area contributed by atoms with Crippen molar-refractivity contribution < 1.29 is 14.2 Å². The molecular weight excluding hydrogens is 264 g/mol. The zero-order chi connectivity index (χ0) is 14.6. The van der Waals surface area contributed by atoms with Crippen LogP contribution in [0.4, 0.5) is 0 Å². The highest BCUT2D eigenvalue weighted by atomic mass is 16.5. The normalized spacial score (nSPS) is 25.7. The number of hydrogen-bond donors (Lipinski definition) is 0. The molecule has 2 saturated heterocycles. The molecule has 0 aliphatic carbocycles. The number of hydrogen-bond acceptors (Lipinski definition) is 3. The number of unbranched alkanes of at least 4 members (excludes halogenated alkanes) is 4. The maximum Gasteiger partial charge on any atom is 0.0576 e. The Labute approximate surface area is 130 Å². The smallest absolute Gasteiger partial charge is 0.0576 e. The van der Waals surface area contributed by atoms with E-state index in [0.29, 0.717) is 12.2 Å². The minimum absolute atomic E-state index is 0.565. The van der Waals surface area contributed by atoms with Gasteiger partial charge in [-0.2, -0.15) is 0 Å². The van der Waals surface area contributed by atoms with Crippen molar-refractivity contribution in [2.75, 3.05) is 26.4 Å². The maximum atomic E-state index is 5.72. The molecule has 3 nitrogen and oxygen atoms in total. The SMILES string of the molecule is C(CCOCCCCCC1CCCO1)CCC1CCCO1. The molecule has 124 valence electrons. The van der Waals surface area contributed by atoms with E-state index in [-0.39, 0.29) is 0 Å². The second-order valence-electron chi connectivity index (χ2n) is 6.58. The topological polar surface area (TPSA) is 27.7 Å².